The summed E-state index contributed by atoms with van der Waals surface area (Å²) in [7, 11) is 3.09. The van der Waals surface area contributed by atoms with Gasteiger partial charge in [0.2, 0.25) is 10.1 Å². The predicted molar refractivity (Wildman–Crippen MR) is 118 cm³/mol. The smallest absolute Gasteiger partial charge is 0.288 e. The maximum Gasteiger partial charge on any atom is 0.288 e. The molecule has 3 aromatic rings. The fourth-order valence-electron chi connectivity index (χ4n) is 3.62. The minimum atomic E-state index is -0.516. The zero-order valence-electron chi connectivity index (χ0n) is 17.8. The van der Waals surface area contributed by atoms with Gasteiger partial charge in [0.25, 0.3) is 11.5 Å². The Morgan fingerprint density at radius 1 is 1.26 bits per heavy atom. The Kier molecular flexibility index (Phi) is 6.08. The lowest BCUT2D eigenvalue weighted by Crippen LogP contribution is -2.33. The van der Waals surface area contributed by atoms with E-state index in [1.165, 1.54) is 29.2 Å². The summed E-state index contributed by atoms with van der Waals surface area (Å²) in [5.41, 5.74) is 0.205. The molecule has 4 rings (SSSR count). The van der Waals surface area contributed by atoms with Gasteiger partial charge < -0.3 is 19.7 Å². The van der Waals surface area contributed by atoms with Crippen molar-refractivity contribution in [3.8, 4) is 11.5 Å². The first-order chi connectivity index (χ1) is 15.0. The molecule has 164 valence electrons. The van der Waals surface area contributed by atoms with Gasteiger partial charge in [0.15, 0.2) is 11.5 Å². The molecule has 0 bridgehead atoms. The van der Waals surface area contributed by atoms with Crippen LogP contribution >= 0.6 is 11.3 Å². The number of rotatable bonds is 6. The Bertz CT molecular complexity index is 1150. The minimum Gasteiger partial charge on any atom is -0.493 e. The van der Waals surface area contributed by atoms with Gasteiger partial charge in [-0.15, -0.1) is 5.10 Å². The molecule has 9 nitrogen and oxygen atoms in total. The number of carbonyl (C=O) groups is 1. The van der Waals surface area contributed by atoms with E-state index in [0.29, 0.717) is 22.4 Å². The van der Waals surface area contributed by atoms with Crippen molar-refractivity contribution < 1.29 is 14.3 Å². The Hall–Kier alpha value is -3.14. The Balaban J connectivity index is 1.54. The molecule has 1 amide bonds. The lowest BCUT2D eigenvalue weighted by atomic mass is 10.00. The van der Waals surface area contributed by atoms with Crippen LogP contribution in [-0.2, 0) is 6.54 Å². The van der Waals surface area contributed by atoms with Crippen molar-refractivity contribution in [3.05, 3.63) is 45.9 Å². The number of ether oxygens (including phenoxy) is 2. The fourth-order valence-corrected chi connectivity index (χ4v) is 4.54. The summed E-state index contributed by atoms with van der Waals surface area (Å²) in [5, 5.41) is 7.96. The predicted octanol–water partition coefficient (Wildman–Crippen LogP) is 2.33. The Morgan fingerprint density at radius 2 is 2.03 bits per heavy atom. The highest BCUT2D eigenvalue weighted by atomic mass is 32.1. The molecule has 1 aliphatic heterocycles. The average molecular weight is 444 g/mol. The summed E-state index contributed by atoms with van der Waals surface area (Å²) in [6.07, 6.45) is 3.51. The van der Waals surface area contributed by atoms with E-state index >= 15 is 0 Å². The number of para-hydroxylation sites is 1. The molecule has 1 aromatic carbocycles. The second kappa shape index (κ2) is 8.93. The van der Waals surface area contributed by atoms with Crippen LogP contribution in [0.2, 0.25) is 0 Å². The molecule has 10 heteroatoms. The summed E-state index contributed by atoms with van der Waals surface area (Å²) in [5.74, 6) is 1.29. The highest BCUT2D eigenvalue weighted by molar-refractivity contribution is 7.20. The molecule has 0 saturated carbocycles. The van der Waals surface area contributed by atoms with Crippen LogP contribution in [0.25, 0.3) is 4.96 Å². The van der Waals surface area contributed by atoms with Crippen molar-refractivity contribution in [2.75, 3.05) is 32.2 Å². The molecule has 31 heavy (non-hydrogen) atoms. The summed E-state index contributed by atoms with van der Waals surface area (Å²) in [6.45, 7) is 4.24. The topological polar surface area (TPSA) is 98.1 Å². The monoisotopic (exact) mass is 443 g/mol. The Morgan fingerprint density at radius 3 is 2.74 bits per heavy atom. The fraction of sp³-hybridized carbons (Fsp3) is 0.429. The number of carbonyl (C=O) groups excluding carboxylic acids is 1. The van der Waals surface area contributed by atoms with E-state index < -0.39 is 11.5 Å². The van der Waals surface area contributed by atoms with Gasteiger partial charge in [0.05, 0.1) is 14.2 Å². The van der Waals surface area contributed by atoms with Crippen molar-refractivity contribution >= 4 is 27.3 Å². The van der Waals surface area contributed by atoms with Gasteiger partial charge in [0, 0.05) is 31.4 Å². The largest absolute Gasteiger partial charge is 0.493 e. The molecule has 1 saturated heterocycles. The second-order valence-electron chi connectivity index (χ2n) is 7.56. The van der Waals surface area contributed by atoms with Crippen molar-refractivity contribution in [1.29, 1.82) is 0 Å². The van der Waals surface area contributed by atoms with E-state index in [9.17, 15) is 9.59 Å². The van der Waals surface area contributed by atoms with Crippen LogP contribution in [-0.4, -0.2) is 47.8 Å². The van der Waals surface area contributed by atoms with Gasteiger partial charge in [-0.05, 0) is 24.8 Å². The molecule has 1 aliphatic rings. The third-order valence-electron chi connectivity index (χ3n) is 5.50. The number of anilines is 1. The maximum absolute atomic E-state index is 12.9. The minimum absolute atomic E-state index is 0.0523. The average Bonchev–Trinajstić information content (AvgIpc) is 3.23. The van der Waals surface area contributed by atoms with Gasteiger partial charge in [-0.2, -0.15) is 4.52 Å². The molecule has 0 unspecified atom stereocenters. The zero-order valence-corrected chi connectivity index (χ0v) is 18.6. The number of amides is 1. The third-order valence-corrected chi connectivity index (χ3v) is 6.48. The molecule has 3 heterocycles. The molecular weight excluding hydrogens is 418 g/mol. The first kappa shape index (κ1) is 21.1. The number of methoxy groups -OCH3 is 2. The number of nitrogens with one attached hydrogen (secondary N) is 1. The van der Waals surface area contributed by atoms with E-state index in [2.05, 4.69) is 27.2 Å². The van der Waals surface area contributed by atoms with Crippen molar-refractivity contribution in [1.82, 2.24) is 19.9 Å². The van der Waals surface area contributed by atoms with Crippen molar-refractivity contribution in [2.24, 2.45) is 5.92 Å². The molecule has 2 aromatic heterocycles. The van der Waals surface area contributed by atoms with Gasteiger partial charge >= 0.3 is 0 Å². The number of hydrogen-bond acceptors (Lipinski definition) is 8. The summed E-state index contributed by atoms with van der Waals surface area (Å²) in [6, 6.07) is 5.41. The van der Waals surface area contributed by atoms with Crippen molar-refractivity contribution in [2.45, 2.75) is 26.3 Å². The number of hydrogen-bond donors (Lipinski definition) is 1. The highest BCUT2D eigenvalue weighted by Gasteiger charge is 2.22. The molecular formula is C21H25N5O4S. The lowest BCUT2D eigenvalue weighted by Gasteiger charge is -2.29. The number of benzene rings is 1. The molecule has 0 aliphatic carbocycles. The first-order valence-corrected chi connectivity index (χ1v) is 11.0. The van der Waals surface area contributed by atoms with Gasteiger partial charge in [-0.1, -0.05) is 30.4 Å². The summed E-state index contributed by atoms with van der Waals surface area (Å²) < 4.78 is 11.9. The molecule has 0 atom stereocenters. The van der Waals surface area contributed by atoms with E-state index in [-0.39, 0.29) is 12.1 Å². The standard InChI is InChI=1S/C21H25N5O4S/c1-13-7-9-25(10-8-13)21-24-26-19(28)15(12-23-20(26)31-21)18(27)22-11-14-5-4-6-16(29-2)17(14)30-3/h4-6,12-13H,7-11H2,1-3H3,(H,22,27). The lowest BCUT2D eigenvalue weighted by molar-refractivity contribution is 0.0948. The SMILES string of the molecule is COc1cccc(CNC(=O)c2cnc3sc(N4CCC(C)CC4)nn3c2=O)c1OC. The molecule has 0 spiro atoms. The van der Waals surface area contributed by atoms with Crippen molar-refractivity contribution in [3.63, 3.8) is 0 Å². The quantitative estimate of drug-likeness (QED) is 0.624. The van der Waals surface area contributed by atoms with Crippen LogP contribution in [0, 0.1) is 5.92 Å². The number of piperidine rings is 1. The summed E-state index contributed by atoms with van der Waals surface area (Å²) >= 11 is 1.36. The van der Waals surface area contributed by atoms with Crippen LogP contribution in [0.3, 0.4) is 0 Å². The zero-order chi connectivity index (χ0) is 22.0. The van der Waals surface area contributed by atoms with Gasteiger partial charge in [-0.25, -0.2) is 4.98 Å². The molecule has 1 N–H and O–H groups in total. The van der Waals surface area contributed by atoms with Crippen LogP contribution in [0.15, 0.2) is 29.2 Å². The molecule has 1 fully saturated rings. The van der Waals surface area contributed by atoms with Crippen LogP contribution < -0.4 is 25.2 Å². The highest BCUT2D eigenvalue weighted by Crippen LogP contribution is 2.30. The number of aromatic nitrogens is 3. The summed E-state index contributed by atoms with van der Waals surface area (Å²) in [4.78, 5) is 32.6. The number of fused-ring (bicyclic) bond motifs is 1. The van der Waals surface area contributed by atoms with Crippen LogP contribution in [0.4, 0.5) is 5.13 Å². The third kappa shape index (κ3) is 4.20. The normalized spacial score (nSPS) is 14.6. The van der Waals surface area contributed by atoms with Crippen LogP contribution in [0.5, 0.6) is 11.5 Å². The van der Waals surface area contributed by atoms with E-state index in [0.717, 1.165) is 36.6 Å². The Labute approximate surface area is 183 Å². The first-order valence-electron chi connectivity index (χ1n) is 10.1. The van der Waals surface area contributed by atoms with Gasteiger partial charge in [0.1, 0.15) is 5.56 Å². The van der Waals surface area contributed by atoms with E-state index in [1.54, 1.807) is 13.2 Å². The number of nitrogens with zero attached hydrogens (tertiary/aromatic N) is 4. The van der Waals surface area contributed by atoms with Crippen LogP contribution in [0.1, 0.15) is 35.7 Å². The van der Waals surface area contributed by atoms with Gasteiger partial charge in [-0.3, -0.25) is 9.59 Å². The van der Waals surface area contributed by atoms with E-state index in [1.807, 2.05) is 12.1 Å². The van der Waals surface area contributed by atoms with E-state index in [4.69, 9.17) is 9.47 Å². The second-order valence-corrected chi connectivity index (χ2v) is 8.50. The molecule has 0 radical (unpaired) electrons. The maximum atomic E-state index is 12.9.